The summed E-state index contributed by atoms with van der Waals surface area (Å²) in [5.41, 5.74) is 2.80. The molecule has 1 aromatic heterocycles. The monoisotopic (exact) mass is 287 g/mol. The molecule has 4 aliphatic carbocycles. The summed E-state index contributed by atoms with van der Waals surface area (Å²) in [5, 5.41) is 8.39. The highest BCUT2D eigenvalue weighted by Crippen LogP contribution is 2.72. The number of nitrogens with zero attached hydrogens (tertiary/aromatic N) is 2. The number of hydrogen-bond donors (Lipinski definition) is 1. The zero-order valence-corrected chi connectivity index (χ0v) is 13.9. The highest BCUT2D eigenvalue weighted by molar-refractivity contribution is 5.19. The van der Waals surface area contributed by atoms with E-state index < -0.39 is 0 Å². The highest BCUT2D eigenvalue weighted by atomic mass is 15.3. The Kier molecular flexibility index (Phi) is 2.71. The molecule has 4 aliphatic rings. The molecule has 3 atom stereocenters. The van der Waals surface area contributed by atoms with Gasteiger partial charge in [0.05, 0.1) is 11.7 Å². The van der Waals surface area contributed by atoms with Crippen LogP contribution in [0.15, 0.2) is 12.3 Å². The largest absolute Gasteiger partial charge is 0.311 e. The molecular weight excluding hydrogens is 258 g/mol. The second-order valence-electron chi connectivity index (χ2n) is 9.13. The Morgan fingerprint density at radius 3 is 2.33 bits per heavy atom. The lowest BCUT2D eigenvalue weighted by molar-refractivity contribution is -0.158. The molecule has 3 heteroatoms. The van der Waals surface area contributed by atoms with Crippen molar-refractivity contribution in [2.45, 2.75) is 58.4 Å². The van der Waals surface area contributed by atoms with Crippen LogP contribution in [0.2, 0.25) is 0 Å². The van der Waals surface area contributed by atoms with Gasteiger partial charge < -0.3 is 5.32 Å². The Bertz CT molecular complexity index is 543. The molecule has 0 aromatic carbocycles. The Hall–Kier alpha value is -0.830. The summed E-state index contributed by atoms with van der Waals surface area (Å²) in [5.74, 6) is 0.941. The van der Waals surface area contributed by atoms with Gasteiger partial charge in [0.15, 0.2) is 0 Å². The van der Waals surface area contributed by atoms with Crippen molar-refractivity contribution in [3.05, 3.63) is 18.0 Å². The first-order chi connectivity index (χ1) is 9.85. The zero-order chi connectivity index (χ0) is 14.9. The van der Waals surface area contributed by atoms with E-state index in [1.165, 1.54) is 44.2 Å². The fourth-order valence-corrected chi connectivity index (χ4v) is 7.21. The molecule has 0 spiro atoms. The standard InChI is InChI=1S/C18H29N3/c1-16-7-13-8-17(2,10-16)12-18(9-13,11-16)15(19-3)14-5-6-21(4)20-14/h5-6,13,15,19H,7-12H2,1-4H3. The highest BCUT2D eigenvalue weighted by Gasteiger charge is 2.62. The van der Waals surface area contributed by atoms with Crippen molar-refractivity contribution >= 4 is 0 Å². The van der Waals surface area contributed by atoms with Crippen LogP contribution >= 0.6 is 0 Å². The molecule has 0 amide bonds. The molecule has 3 nitrogen and oxygen atoms in total. The lowest BCUT2D eigenvalue weighted by atomic mass is 9.39. The van der Waals surface area contributed by atoms with Crippen molar-refractivity contribution in [1.82, 2.24) is 15.1 Å². The van der Waals surface area contributed by atoms with Gasteiger partial charge in [0.1, 0.15) is 0 Å². The van der Waals surface area contributed by atoms with E-state index in [-0.39, 0.29) is 0 Å². The average molecular weight is 287 g/mol. The minimum atomic E-state index is 0.417. The van der Waals surface area contributed by atoms with Gasteiger partial charge in [-0.05, 0) is 73.8 Å². The fourth-order valence-electron chi connectivity index (χ4n) is 7.21. The van der Waals surface area contributed by atoms with Crippen LogP contribution < -0.4 is 5.32 Å². The smallest absolute Gasteiger partial charge is 0.0799 e. The maximum atomic E-state index is 4.74. The summed E-state index contributed by atoms with van der Waals surface area (Å²) in [4.78, 5) is 0. The predicted molar refractivity (Wildman–Crippen MR) is 84.8 cm³/mol. The van der Waals surface area contributed by atoms with E-state index in [0.29, 0.717) is 22.3 Å². The SMILES string of the molecule is CNC(c1ccn(C)n1)C12CC3CC(C)(CC(C)(C3)C1)C2. The van der Waals surface area contributed by atoms with Gasteiger partial charge in [0, 0.05) is 13.2 Å². The Labute approximate surface area is 128 Å². The molecule has 3 unspecified atom stereocenters. The third kappa shape index (κ3) is 2.00. The average Bonchev–Trinajstić information content (AvgIpc) is 2.71. The molecule has 1 N–H and O–H groups in total. The van der Waals surface area contributed by atoms with Crippen LogP contribution in [0, 0.1) is 22.2 Å². The van der Waals surface area contributed by atoms with E-state index in [4.69, 9.17) is 5.10 Å². The quantitative estimate of drug-likeness (QED) is 0.919. The van der Waals surface area contributed by atoms with Gasteiger partial charge in [0.2, 0.25) is 0 Å². The van der Waals surface area contributed by atoms with E-state index >= 15 is 0 Å². The normalized spacial score (nSPS) is 46.0. The molecule has 1 heterocycles. The van der Waals surface area contributed by atoms with Crippen molar-refractivity contribution in [2.75, 3.05) is 7.05 Å². The van der Waals surface area contributed by atoms with E-state index in [1.807, 2.05) is 11.7 Å². The predicted octanol–water partition coefficient (Wildman–Crippen LogP) is 3.68. The molecule has 116 valence electrons. The van der Waals surface area contributed by atoms with Gasteiger partial charge >= 0.3 is 0 Å². The third-order valence-corrected chi connectivity index (χ3v) is 6.60. The second kappa shape index (κ2) is 4.13. The van der Waals surface area contributed by atoms with Gasteiger partial charge in [-0.1, -0.05) is 13.8 Å². The third-order valence-electron chi connectivity index (χ3n) is 6.60. The first-order valence-electron chi connectivity index (χ1n) is 8.52. The fraction of sp³-hybridized carbons (Fsp3) is 0.833. The maximum Gasteiger partial charge on any atom is 0.0799 e. The van der Waals surface area contributed by atoms with Crippen LogP contribution in [0.25, 0.3) is 0 Å². The topological polar surface area (TPSA) is 29.9 Å². The lowest BCUT2D eigenvalue weighted by Gasteiger charge is -2.67. The summed E-state index contributed by atoms with van der Waals surface area (Å²) in [7, 11) is 4.15. The molecular formula is C18H29N3. The van der Waals surface area contributed by atoms with Crippen molar-refractivity contribution in [3.63, 3.8) is 0 Å². The van der Waals surface area contributed by atoms with Crippen molar-refractivity contribution in [2.24, 2.45) is 29.2 Å². The van der Waals surface area contributed by atoms with Crippen molar-refractivity contribution in [1.29, 1.82) is 0 Å². The number of aryl methyl sites for hydroxylation is 1. The summed E-state index contributed by atoms with van der Waals surface area (Å²) in [6, 6.07) is 2.63. The summed E-state index contributed by atoms with van der Waals surface area (Å²) in [6.45, 7) is 5.10. The molecule has 5 rings (SSSR count). The van der Waals surface area contributed by atoms with Gasteiger partial charge in [-0.2, -0.15) is 5.10 Å². The van der Waals surface area contributed by atoms with Crippen LogP contribution in [-0.4, -0.2) is 16.8 Å². The first-order valence-corrected chi connectivity index (χ1v) is 8.52. The van der Waals surface area contributed by atoms with Gasteiger partial charge in [0.25, 0.3) is 0 Å². The van der Waals surface area contributed by atoms with Crippen molar-refractivity contribution < 1.29 is 0 Å². The van der Waals surface area contributed by atoms with Crippen LogP contribution in [0.3, 0.4) is 0 Å². The molecule has 0 aliphatic heterocycles. The van der Waals surface area contributed by atoms with E-state index in [1.54, 1.807) is 0 Å². The maximum absolute atomic E-state index is 4.74. The Morgan fingerprint density at radius 2 is 1.86 bits per heavy atom. The number of hydrogen-bond acceptors (Lipinski definition) is 2. The Balaban J connectivity index is 1.75. The summed E-state index contributed by atoms with van der Waals surface area (Å²) in [6.07, 6.45) is 10.6. The van der Waals surface area contributed by atoms with Gasteiger partial charge in [-0.25, -0.2) is 0 Å². The van der Waals surface area contributed by atoms with Crippen molar-refractivity contribution in [3.8, 4) is 0 Å². The minimum Gasteiger partial charge on any atom is -0.311 e. The molecule has 1 aromatic rings. The lowest BCUT2D eigenvalue weighted by Crippen LogP contribution is -2.58. The molecule has 0 saturated heterocycles. The first kappa shape index (κ1) is 13.8. The molecule has 4 bridgehead atoms. The molecule has 0 radical (unpaired) electrons. The Morgan fingerprint density at radius 1 is 1.19 bits per heavy atom. The number of aromatic nitrogens is 2. The molecule has 21 heavy (non-hydrogen) atoms. The molecule has 4 saturated carbocycles. The number of rotatable bonds is 3. The van der Waals surface area contributed by atoms with E-state index in [2.05, 4.69) is 38.5 Å². The minimum absolute atomic E-state index is 0.417. The van der Waals surface area contributed by atoms with Crippen LogP contribution in [-0.2, 0) is 7.05 Å². The zero-order valence-electron chi connectivity index (χ0n) is 13.9. The van der Waals surface area contributed by atoms with Gasteiger partial charge in [-0.15, -0.1) is 0 Å². The van der Waals surface area contributed by atoms with E-state index in [9.17, 15) is 0 Å². The van der Waals surface area contributed by atoms with Gasteiger partial charge in [-0.3, -0.25) is 4.68 Å². The van der Waals surface area contributed by atoms with Crippen LogP contribution in [0.1, 0.15) is 64.1 Å². The van der Waals surface area contributed by atoms with Crippen LogP contribution in [0.5, 0.6) is 0 Å². The number of nitrogens with one attached hydrogen (secondary N) is 1. The van der Waals surface area contributed by atoms with Crippen LogP contribution in [0.4, 0.5) is 0 Å². The van der Waals surface area contributed by atoms with E-state index in [0.717, 1.165) is 5.92 Å². The summed E-state index contributed by atoms with van der Waals surface area (Å²) >= 11 is 0. The summed E-state index contributed by atoms with van der Waals surface area (Å²) < 4.78 is 1.95. The second-order valence-corrected chi connectivity index (χ2v) is 9.13. The molecule has 4 fully saturated rings.